The zero-order valence-electron chi connectivity index (χ0n) is 14.4. The van der Waals surface area contributed by atoms with Crippen LogP contribution in [0, 0.1) is 4.91 Å². The number of nitroso groups, excluding NO2 is 1. The Bertz CT molecular complexity index is 954. The first-order valence-electron chi connectivity index (χ1n) is 8.23. The predicted octanol–water partition coefficient (Wildman–Crippen LogP) is 6.08. The van der Waals surface area contributed by atoms with Gasteiger partial charge in [0.2, 0.25) is 5.88 Å². The molecule has 1 heterocycles. The molecule has 1 aromatic heterocycles. The Kier molecular flexibility index (Phi) is 5.65. The Labute approximate surface area is 155 Å². The van der Waals surface area contributed by atoms with Gasteiger partial charge in [0.1, 0.15) is 11.4 Å². The molecule has 0 aliphatic heterocycles. The van der Waals surface area contributed by atoms with Crippen molar-refractivity contribution >= 4 is 39.9 Å². The molecule has 7 nitrogen and oxygen atoms in total. The van der Waals surface area contributed by atoms with Gasteiger partial charge in [0, 0.05) is 16.3 Å². The molecule has 0 bridgehead atoms. The van der Waals surface area contributed by atoms with Crippen molar-refractivity contribution in [3.63, 3.8) is 0 Å². The van der Waals surface area contributed by atoms with Gasteiger partial charge in [-0.25, -0.2) is 0 Å². The lowest BCUT2D eigenvalue weighted by atomic mass is 10.2. The fraction of sp³-hybridized carbons (Fsp3) is 0.222. The number of nitrogens with zero attached hydrogens (tertiary/aromatic N) is 3. The molecule has 0 aliphatic carbocycles. The summed E-state index contributed by atoms with van der Waals surface area (Å²) in [5.41, 5.74) is 1.63. The van der Waals surface area contributed by atoms with Crippen molar-refractivity contribution < 1.29 is 5.11 Å². The third kappa shape index (κ3) is 3.92. The van der Waals surface area contributed by atoms with Crippen molar-refractivity contribution in [3.05, 3.63) is 47.4 Å². The van der Waals surface area contributed by atoms with E-state index in [2.05, 4.69) is 39.0 Å². The van der Waals surface area contributed by atoms with Crippen molar-refractivity contribution in [2.75, 3.05) is 0 Å². The Morgan fingerprint density at radius 2 is 1.96 bits per heavy atom. The maximum atomic E-state index is 10.8. The van der Waals surface area contributed by atoms with Gasteiger partial charge in [-0.15, -0.1) is 15.1 Å². The maximum absolute atomic E-state index is 10.8. The summed E-state index contributed by atoms with van der Waals surface area (Å²) in [5.74, 6) is -0.0719. The number of aromatic nitrogens is 1. The average Bonchev–Trinajstić information content (AvgIpc) is 2.99. The number of aromatic hydroxyl groups is 1. The Hall–Kier alpha value is -2.71. The van der Waals surface area contributed by atoms with Gasteiger partial charge in [-0.3, -0.25) is 4.72 Å². The van der Waals surface area contributed by atoms with E-state index in [1.165, 1.54) is 11.9 Å². The normalized spacial score (nSPS) is 12.7. The zero-order chi connectivity index (χ0) is 18.5. The van der Waals surface area contributed by atoms with Crippen LogP contribution in [-0.4, -0.2) is 16.1 Å². The highest BCUT2D eigenvalue weighted by Gasteiger charge is 2.12. The lowest BCUT2D eigenvalue weighted by Gasteiger charge is -2.09. The minimum atomic E-state index is -0.0719. The fourth-order valence-electron chi connectivity index (χ4n) is 2.29. The van der Waals surface area contributed by atoms with E-state index in [9.17, 15) is 10.0 Å². The van der Waals surface area contributed by atoms with Crippen LogP contribution in [0.25, 0.3) is 10.9 Å². The lowest BCUT2D eigenvalue weighted by Crippen LogP contribution is -2.17. The predicted molar refractivity (Wildman–Crippen MR) is 105 cm³/mol. The quantitative estimate of drug-likeness (QED) is 0.267. The molecular formula is C18H19N5O2S. The molecule has 0 spiro atoms. The fourth-order valence-corrected chi connectivity index (χ4v) is 3.11. The number of fused-ring (bicyclic) bond motifs is 1. The highest BCUT2D eigenvalue weighted by molar-refractivity contribution is 7.97. The third-order valence-corrected chi connectivity index (χ3v) is 4.96. The molecule has 0 saturated carbocycles. The minimum absolute atomic E-state index is 0.0719. The van der Waals surface area contributed by atoms with Gasteiger partial charge in [0.05, 0.1) is 5.52 Å². The van der Waals surface area contributed by atoms with Crippen molar-refractivity contribution in [2.24, 2.45) is 15.4 Å². The van der Waals surface area contributed by atoms with Crippen molar-refractivity contribution in [1.29, 1.82) is 0 Å². The van der Waals surface area contributed by atoms with Crippen LogP contribution in [0.1, 0.15) is 20.3 Å². The topological polar surface area (TPSA) is 102 Å². The second kappa shape index (κ2) is 8.11. The van der Waals surface area contributed by atoms with Crippen LogP contribution in [0.15, 0.2) is 62.8 Å². The summed E-state index contributed by atoms with van der Waals surface area (Å²) in [4.78, 5) is 14.7. The van der Waals surface area contributed by atoms with Gasteiger partial charge in [-0.1, -0.05) is 19.1 Å². The van der Waals surface area contributed by atoms with E-state index in [0.29, 0.717) is 17.4 Å². The number of aromatic amines is 1. The molecule has 134 valence electrons. The van der Waals surface area contributed by atoms with Crippen molar-refractivity contribution in [3.8, 4) is 5.88 Å². The van der Waals surface area contributed by atoms with Gasteiger partial charge in [0.25, 0.3) is 0 Å². The summed E-state index contributed by atoms with van der Waals surface area (Å²) in [6.45, 7) is 4.24. The summed E-state index contributed by atoms with van der Waals surface area (Å²) in [6, 6.07) is 12.8. The summed E-state index contributed by atoms with van der Waals surface area (Å²) in [6.07, 6.45) is 1.03. The van der Waals surface area contributed by atoms with Crippen LogP contribution in [0.4, 0.5) is 17.1 Å². The zero-order valence-corrected chi connectivity index (χ0v) is 15.2. The van der Waals surface area contributed by atoms with E-state index in [1.807, 2.05) is 18.2 Å². The summed E-state index contributed by atoms with van der Waals surface area (Å²) < 4.78 is 3.36. The molecule has 3 rings (SSSR count). The average molecular weight is 369 g/mol. The maximum Gasteiger partial charge on any atom is 0.218 e. The highest BCUT2D eigenvalue weighted by Crippen LogP contribution is 2.39. The van der Waals surface area contributed by atoms with Gasteiger partial charge in [-0.05, 0) is 60.8 Å². The number of hydrogen-bond acceptors (Lipinski definition) is 7. The van der Waals surface area contributed by atoms with Gasteiger partial charge in [0.15, 0.2) is 5.69 Å². The van der Waals surface area contributed by atoms with Crippen LogP contribution in [0.2, 0.25) is 0 Å². The number of azo groups is 1. The van der Waals surface area contributed by atoms with E-state index in [0.717, 1.165) is 22.2 Å². The number of H-pyrrole nitrogens is 1. The van der Waals surface area contributed by atoms with Crippen LogP contribution in [0.3, 0.4) is 0 Å². The van der Waals surface area contributed by atoms with E-state index in [-0.39, 0.29) is 11.6 Å². The second-order valence-corrected chi connectivity index (χ2v) is 6.75. The molecule has 3 N–H and O–H groups in total. The summed E-state index contributed by atoms with van der Waals surface area (Å²) >= 11 is 1.53. The molecule has 0 aliphatic rings. The first kappa shape index (κ1) is 18.1. The van der Waals surface area contributed by atoms with Gasteiger partial charge >= 0.3 is 0 Å². The van der Waals surface area contributed by atoms with E-state index < -0.39 is 0 Å². The van der Waals surface area contributed by atoms with Crippen LogP contribution >= 0.6 is 11.9 Å². The van der Waals surface area contributed by atoms with Crippen LogP contribution in [0.5, 0.6) is 5.88 Å². The van der Waals surface area contributed by atoms with Crippen molar-refractivity contribution in [2.45, 2.75) is 31.2 Å². The molecule has 1 atom stereocenters. The smallest absolute Gasteiger partial charge is 0.218 e. The first-order valence-corrected chi connectivity index (χ1v) is 9.05. The second-order valence-electron chi connectivity index (χ2n) is 5.84. The standard InChI is InChI=1S/C18H19N5O2S/c1-3-11(2)23-26-12-8-9-14-13(10-12)17(18(24)19-14)21-20-15-6-4-5-7-16(15)22-25/h4-11,19,23-24H,3H2,1-2H3. The Balaban J connectivity index is 1.93. The SMILES string of the molecule is CCC(C)NSc1ccc2[nH]c(O)c(N=Nc3ccccc3N=O)c2c1. The van der Waals surface area contributed by atoms with Crippen molar-refractivity contribution in [1.82, 2.24) is 9.71 Å². The summed E-state index contributed by atoms with van der Waals surface area (Å²) in [7, 11) is 0. The van der Waals surface area contributed by atoms with Gasteiger partial charge < -0.3 is 10.1 Å². The third-order valence-electron chi connectivity index (χ3n) is 3.95. The minimum Gasteiger partial charge on any atom is -0.493 e. The first-order chi connectivity index (χ1) is 12.6. The number of hydrogen-bond donors (Lipinski definition) is 3. The number of rotatable bonds is 7. The van der Waals surface area contributed by atoms with Crippen LogP contribution in [-0.2, 0) is 0 Å². The molecule has 0 saturated heterocycles. The lowest BCUT2D eigenvalue weighted by molar-refractivity contribution is 0.459. The molecule has 0 radical (unpaired) electrons. The molecule has 26 heavy (non-hydrogen) atoms. The van der Waals surface area contributed by atoms with E-state index in [1.54, 1.807) is 24.3 Å². The van der Waals surface area contributed by atoms with E-state index >= 15 is 0 Å². The molecule has 0 fully saturated rings. The Morgan fingerprint density at radius 3 is 2.69 bits per heavy atom. The molecule has 2 aromatic carbocycles. The molecule has 1 unspecified atom stereocenters. The molecule has 8 heteroatoms. The largest absolute Gasteiger partial charge is 0.493 e. The highest BCUT2D eigenvalue weighted by atomic mass is 32.2. The molecule has 3 aromatic rings. The molecular weight excluding hydrogens is 350 g/mol. The summed E-state index contributed by atoms with van der Waals surface area (Å²) in [5, 5.41) is 22.1. The number of benzene rings is 2. The molecule has 0 amide bonds. The van der Waals surface area contributed by atoms with Gasteiger partial charge in [-0.2, -0.15) is 0 Å². The van der Waals surface area contributed by atoms with Crippen LogP contribution < -0.4 is 4.72 Å². The van der Waals surface area contributed by atoms with E-state index in [4.69, 9.17) is 0 Å². The Morgan fingerprint density at radius 1 is 1.19 bits per heavy atom. The number of nitrogens with one attached hydrogen (secondary N) is 2. The monoisotopic (exact) mass is 369 g/mol.